The molecule has 0 aliphatic carbocycles. The summed E-state index contributed by atoms with van der Waals surface area (Å²) in [5, 5.41) is 9.24. The summed E-state index contributed by atoms with van der Waals surface area (Å²) in [6, 6.07) is 6.99. The molecular formula is C15H22N2O2. The van der Waals surface area contributed by atoms with Gasteiger partial charge in [0.2, 0.25) is 5.91 Å². The summed E-state index contributed by atoms with van der Waals surface area (Å²) >= 11 is 0. The maximum absolute atomic E-state index is 12.4. The second-order valence-corrected chi connectivity index (χ2v) is 5.35. The van der Waals surface area contributed by atoms with E-state index in [1.54, 1.807) is 24.3 Å². The number of carbonyl (C=O) groups is 1. The van der Waals surface area contributed by atoms with Crippen LogP contribution in [0.5, 0.6) is 5.75 Å². The highest BCUT2D eigenvalue weighted by Gasteiger charge is 2.28. The molecule has 0 aromatic heterocycles. The molecule has 0 saturated carbocycles. The first kappa shape index (κ1) is 13.9. The highest BCUT2D eigenvalue weighted by molar-refractivity contribution is 5.79. The molecule has 1 aromatic rings. The SMILES string of the molecule is CC(N)C1CCCCN1C(=O)Cc1ccc(O)cc1. The number of nitrogens with zero attached hydrogens (tertiary/aromatic N) is 1. The van der Waals surface area contributed by atoms with Crippen LogP contribution < -0.4 is 5.73 Å². The van der Waals surface area contributed by atoms with Crippen LogP contribution in [0.3, 0.4) is 0 Å². The molecule has 0 radical (unpaired) electrons. The van der Waals surface area contributed by atoms with Gasteiger partial charge >= 0.3 is 0 Å². The molecule has 4 nitrogen and oxygen atoms in total. The molecule has 0 spiro atoms. The highest BCUT2D eigenvalue weighted by Crippen LogP contribution is 2.20. The van der Waals surface area contributed by atoms with E-state index in [-0.39, 0.29) is 23.7 Å². The van der Waals surface area contributed by atoms with E-state index >= 15 is 0 Å². The normalized spacial score (nSPS) is 21.2. The first-order chi connectivity index (χ1) is 9.08. The van der Waals surface area contributed by atoms with E-state index in [0.717, 1.165) is 31.4 Å². The van der Waals surface area contributed by atoms with Gasteiger partial charge in [0.1, 0.15) is 5.75 Å². The summed E-state index contributed by atoms with van der Waals surface area (Å²) in [7, 11) is 0. The minimum atomic E-state index is 0.0177. The van der Waals surface area contributed by atoms with Gasteiger partial charge in [0.25, 0.3) is 0 Å². The van der Waals surface area contributed by atoms with E-state index in [1.165, 1.54) is 0 Å². The van der Waals surface area contributed by atoms with Gasteiger partial charge in [0.05, 0.1) is 6.42 Å². The minimum absolute atomic E-state index is 0.0177. The van der Waals surface area contributed by atoms with Gasteiger partial charge in [-0.1, -0.05) is 12.1 Å². The van der Waals surface area contributed by atoms with Gasteiger partial charge in [-0.05, 0) is 43.9 Å². The third-order valence-electron chi connectivity index (χ3n) is 3.77. The van der Waals surface area contributed by atoms with Crippen LogP contribution >= 0.6 is 0 Å². The number of nitrogens with two attached hydrogens (primary N) is 1. The first-order valence-electron chi connectivity index (χ1n) is 6.91. The second-order valence-electron chi connectivity index (χ2n) is 5.35. The number of phenols is 1. The Balaban J connectivity index is 2.03. The van der Waals surface area contributed by atoms with Gasteiger partial charge in [0, 0.05) is 18.6 Å². The summed E-state index contributed by atoms with van der Waals surface area (Å²) < 4.78 is 0. The predicted molar refractivity (Wildman–Crippen MR) is 74.8 cm³/mol. The molecule has 2 atom stereocenters. The van der Waals surface area contributed by atoms with Gasteiger partial charge in [-0.3, -0.25) is 4.79 Å². The van der Waals surface area contributed by atoms with Crippen molar-refractivity contribution in [2.75, 3.05) is 6.54 Å². The second kappa shape index (κ2) is 6.06. The van der Waals surface area contributed by atoms with Crippen LogP contribution in [0.1, 0.15) is 31.7 Å². The number of carbonyl (C=O) groups excluding carboxylic acids is 1. The summed E-state index contributed by atoms with van der Waals surface area (Å²) in [5.41, 5.74) is 6.91. The molecule has 2 unspecified atom stereocenters. The average Bonchev–Trinajstić information content (AvgIpc) is 2.41. The monoisotopic (exact) mass is 262 g/mol. The molecule has 1 fully saturated rings. The Morgan fingerprint density at radius 3 is 2.74 bits per heavy atom. The fraction of sp³-hybridized carbons (Fsp3) is 0.533. The topological polar surface area (TPSA) is 66.6 Å². The van der Waals surface area contributed by atoms with Crippen molar-refractivity contribution in [1.82, 2.24) is 4.90 Å². The van der Waals surface area contributed by atoms with Gasteiger partial charge < -0.3 is 15.7 Å². The van der Waals surface area contributed by atoms with Crippen LogP contribution in [0.2, 0.25) is 0 Å². The Labute approximate surface area is 114 Å². The zero-order chi connectivity index (χ0) is 13.8. The quantitative estimate of drug-likeness (QED) is 0.870. The standard InChI is InChI=1S/C15H22N2O2/c1-11(16)14-4-2-3-9-17(14)15(19)10-12-5-7-13(18)8-6-12/h5-8,11,14,18H,2-4,9-10,16H2,1H3. The number of hydrogen-bond acceptors (Lipinski definition) is 3. The first-order valence-corrected chi connectivity index (χ1v) is 6.91. The van der Waals surface area contributed by atoms with E-state index in [4.69, 9.17) is 5.73 Å². The predicted octanol–water partition coefficient (Wildman–Crippen LogP) is 1.66. The van der Waals surface area contributed by atoms with Crippen molar-refractivity contribution in [3.63, 3.8) is 0 Å². The molecule has 1 aliphatic heterocycles. The van der Waals surface area contributed by atoms with E-state index in [0.29, 0.717) is 6.42 Å². The third kappa shape index (κ3) is 3.47. The minimum Gasteiger partial charge on any atom is -0.508 e. The van der Waals surface area contributed by atoms with E-state index < -0.39 is 0 Å². The van der Waals surface area contributed by atoms with Crippen molar-refractivity contribution >= 4 is 5.91 Å². The van der Waals surface area contributed by atoms with Crippen LogP contribution in [0.25, 0.3) is 0 Å². The molecular weight excluding hydrogens is 240 g/mol. The van der Waals surface area contributed by atoms with Gasteiger partial charge in [-0.2, -0.15) is 0 Å². The number of phenolic OH excluding ortho intramolecular Hbond substituents is 1. The molecule has 0 bridgehead atoms. The molecule has 1 saturated heterocycles. The molecule has 1 aliphatic rings. The van der Waals surface area contributed by atoms with E-state index in [1.807, 2.05) is 11.8 Å². The number of likely N-dealkylation sites (tertiary alicyclic amines) is 1. The Morgan fingerprint density at radius 1 is 1.42 bits per heavy atom. The lowest BCUT2D eigenvalue weighted by Crippen LogP contribution is -2.52. The van der Waals surface area contributed by atoms with Crippen molar-refractivity contribution in [2.45, 2.75) is 44.7 Å². The molecule has 1 amide bonds. The number of amides is 1. The van der Waals surface area contributed by atoms with Crippen LogP contribution in [0.4, 0.5) is 0 Å². The molecule has 2 rings (SSSR count). The Kier molecular flexibility index (Phi) is 4.43. The highest BCUT2D eigenvalue weighted by atomic mass is 16.3. The van der Waals surface area contributed by atoms with Crippen LogP contribution in [-0.2, 0) is 11.2 Å². The Bertz CT molecular complexity index is 428. The lowest BCUT2D eigenvalue weighted by Gasteiger charge is -2.38. The van der Waals surface area contributed by atoms with Gasteiger partial charge in [-0.15, -0.1) is 0 Å². The number of aromatic hydroxyl groups is 1. The van der Waals surface area contributed by atoms with Crippen molar-refractivity contribution in [3.8, 4) is 5.75 Å². The van der Waals surface area contributed by atoms with Gasteiger partial charge in [0.15, 0.2) is 0 Å². The summed E-state index contributed by atoms with van der Waals surface area (Å²) in [6.07, 6.45) is 3.59. The van der Waals surface area contributed by atoms with Crippen LogP contribution in [0, 0.1) is 0 Å². The lowest BCUT2D eigenvalue weighted by atomic mass is 9.96. The number of benzene rings is 1. The van der Waals surface area contributed by atoms with Crippen molar-refractivity contribution in [1.29, 1.82) is 0 Å². The van der Waals surface area contributed by atoms with E-state index in [9.17, 15) is 9.90 Å². The van der Waals surface area contributed by atoms with Crippen LogP contribution in [-0.4, -0.2) is 34.5 Å². The number of piperidine rings is 1. The fourth-order valence-corrected chi connectivity index (χ4v) is 2.70. The fourth-order valence-electron chi connectivity index (χ4n) is 2.70. The van der Waals surface area contributed by atoms with Crippen molar-refractivity contribution < 1.29 is 9.90 Å². The smallest absolute Gasteiger partial charge is 0.227 e. The Hall–Kier alpha value is -1.55. The maximum Gasteiger partial charge on any atom is 0.227 e. The molecule has 4 heteroatoms. The average molecular weight is 262 g/mol. The van der Waals surface area contributed by atoms with Crippen molar-refractivity contribution in [3.05, 3.63) is 29.8 Å². The number of hydrogen-bond donors (Lipinski definition) is 2. The molecule has 1 aromatic carbocycles. The molecule has 104 valence electrons. The summed E-state index contributed by atoms with van der Waals surface area (Å²) in [4.78, 5) is 14.3. The zero-order valence-electron chi connectivity index (χ0n) is 11.4. The number of rotatable bonds is 3. The van der Waals surface area contributed by atoms with E-state index in [2.05, 4.69) is 0 Å². The summed E-state index contributed by atoms with van der Waals surface area (Å²) in [6.45, 7) is 2.78. The largest absolute Gasteiger partial charge is 0.508 e. The Morgan fingerprint density at radius 2 is 2.11 bits per heavy atom. The molecule has 3 N–H and O–H groups in total. The zero-order valence-corrected chi connectivity index (χ0v) is 11.4. The van der Waals surface area contributed by atoms with Gasteiger partial charge in [-0.25, -0.2) is 0 Å². The van der Waals surface area contributed by atoms with Crippen molar-refractivity contribution in [2.24, 2.45) is 5.73 Å². The lowest BCUT2D eigenvalue weighted by molar-refractivity contribution is -0.134. The third-order valence-corrected chi connectivity index (χ3v) is 3.77. The van der Waals surface area contributed by atoms with Crippen LogP contribution in [0.15, 0.2) is 24.3 Å². The molecule has 1 heterocycles. The maximum atomic E-state index is 12.4. The molecule has 19 heavy (non-hydrogen) atoms. The summed E-state index contributed by atoms with van der Waals surface area (Å²) in [5.74, 6) is 0.357.